The molecule has 0 aliphatic carbocycles. The molecule has 0 aromatic heterocycles. The average Bonchev–Trinajstić information content (AvgIpc) is 2.85. The van der Waals surface area contributed by atoms with Gasteiger partial charge in [-0.2, -0.15) is 0 Å². The highest BCUT2D eigenvalue weighted by atomic mass is 16.5. The fraction of sp³-hybridized carbons (Fsp3) is 0.448. The smallest absolute Gasteiger partial charge is 0.333 e. The van der Waals surface area contributed by atoms with E-state index in [9.17, 15) is 9.59 Å². The van der Waals surface area contributed by atoms with Crippen LogP contribution >= 0.6 is 0 Å². The minimum atomic E-state index is -0.587. The summed E-state index contributed by atoms with van der Waals surface area (Å²) in [5.41, 5.74) is 5.06. The van der Waals surface area contributed by atoms with Crippen molar-refractivity contribution in [3.63, 3.8) is 0 Å². The van der Waals surface area contributed by atoms with E-state index in [0.717, 1.165) is 17.5 Å². The van der Waals surface area contributed by atoms with Gasteiger partial charge in [0.2, 0.25) is 0 Å². The van der Waals surface area contributed by atoms with Crippen LogP contribution in [0.3, 0.4) is 0 Å². The molecule has 5 heteroatoms. The van der Waals surface area contributed by atoms with Gasteiger partial charge in [0, 0.05) is 11.5 Å². The summed E-state index contributed by atoms with van der Waals surface area (Å²) in [6.07, 6.45) is 5.41. The molecule has 2 atom stereocenters. The third-order valence-corrected chi connectivity index (χ3v) is 5.77. The Balaban J connectivity index is 2.02. The normalized spacial score (nSPS) is 12.6. The van der Waals surface area contributed by atoms with Gasteiger partial charge in [0.1, 0.15) is 0 Å². The van der Waals surface area contributed by atoms with Crippen LogP contribution in [-0.2, 0) is 31.9 Å². The lowest BCUT2D eigenvalue weighted by Crippen LogP contribution is -2.26. The molecule has 2 unspecified atom stereocenters. The molecule has 2 aromatic rings. The molecule has 0 spiro atoms. The SMILES string of the molecule is C=C(C)C(=O)OCC(COC(=O)C(C)CO)Cc1ccc(-c2ccc(CCCCC)cc2)cc1. The minimum absolute atomic E-state index is 0.105. The molecule has 0 radical (unpaired) electrons. The lowest BCUT2D eigenvalue weighted by Gasteiger charge is -2.19. The maximum absolute atomic E-state index is 12.0. The number of esters is 2. The number of rotatable bonds is 14. The first kappa shape index (κ1) is 27.3. The van der Waals surface area contributed by atoms with Crippen molar-refractivity contribution in [2.75, 3.05) is 19.8 Å². The molecule has 5 nitrogen and oxygen atoms in total. The number of aliphatic hydroxyl groups is 1. The van der Waals surface area contributed by atoms with Crippen LogP contribution < -0.4 is 0 Å². The molecular weight excluding hydrogens is 428 g/mol. The first-order valence-electron chi connectivity index (χ1n) is 12.1. The summed E-state index contributed by atoms with van der Waals surface area (Å²) in [6, 6.07) is 17.0. The number of aryl methyl sites for hydroxylation is 1. The van der Waals surface area contributed by atoms with Crippen molar-refractivity contribution in [1.82, 2.24) is 0 Å². The number of hydrogen-bond acceptors (Lipinski definition) is 5. The monoisotopic (exact) mass is 466 g/mol. The summed E-state index contributed by atoms with van der Waals surface area (Å²) in [7, 11) is 0. The second kappa shape index (κ2) is 14.4. The van der Waals surface area contributed by atoms with E-state index in [1.54, 1.807) is 13.8 Å². The number of carbonyl (C=O) groups excluding carboxylic acids is 2. The zero-order valence-electron chi connectivity index (χ0n) is 20.7. The zero-order chi connectivity index (χ0) is 24.9. The summed E-state index contributed by atoms with van der Waals surface area (Å²) < 4.78 is 10.7. The predicted molar refractivity (Wildman–Crippen MR) is 135 cm³/mol. The van der Waals surface area contributed by atoms with Crippen molar-refractivity contribution in [3.05, 3.63) is 71.8 Å². The van der Waals surface area contributed by atoms with Crippen molar-refractivity contribution in [2.24, 2.45) is 11.8 Å². The zero-order valence-corrected chi connectivity index (χ0v) is 20.7. The summed E-state index contributed by atoms with van der Waals surface area (Å²) in [4.78, 5) is 23.8. The first-order chi connectivity index (χ1) is 16.3. The molecule has 1 N–H and O–H groups in total. The third kappa shape index (κ3) is 9.14. The summed E-state index contributed by atoms with van der Waals surface area (Å²) in [5.74, 6) is -1.72. The van der Waals surface area contributed by atoms with Gasteiger partial charge >= 0.3 is 11.9 Å². The van der Waals surface area contributed by atoms with E-state index in [4.69, 9.17) is 14.6 Å². The Morgan fingerprint density at radius 1 is 0.912 bits per heavy atom. The second-order valence-electron chi connectivity index (χ2n) is 9.01. The Morgan fingerprint density at radius 2 is 1.47 bits per heavy atom. The fourth-order valence-corrected chi connectivity index (χ4v) is 3.51. The van der Waals surface area contributed by atoms with Crippen LogP contribution in [-0.4, -0.2) is 36.9 Å². The van der Waals surface area contributed by atoms with E-state index < -0.39 is 17.9 Å². The van der Waals surface area contributed by atoms with Gasteiger partial charge in [0.05, 0.1) is 25.7 Å². The highest BCUT2D eigenvalue weighted by molar-refractivity contribution is 5.86. The van der Waals surface area contributed by atoms with Crippen LogP contribution in [0.4, 0.5) is 0 Å². The molecule has 0 aliphatic rings. The number of benzene rings is 2. The quantitative estimate of drug-likeness (QED) is 0.225. The predicted octanol–water partition coefficient (Wildman–Crippen LogP) is 5.54. The molecule has 0 heterocycles. The fourth-order valence-electron chi connectivity index (χ4n) is 3.51. The van der Waals surface area contributed by atoms with Gasteiger partial charge < -0.3 is 14.6 Å². The molecule has 2 aromatic carbocycles. The average molecular weight is 467 g/mol. The van der Waals surface area contributed by atoms with E-state index in [2.05, 4.69) is 62.0 Å². The molecule has 0 saturated heterocycles. The van der Waals surface area contributed by atoms with Gasteiger partial charge in [0.15, 0.2) is 0 Å². The van der Waals surface area contributed by atoms with E-state index in [0.29, 0.717) is 12.0 Å². The third-order valence-electron chi connectivity index (χ3n) is 5.77. The molecular formula is C29H38O5. The van der Waals surface area contributed by atoms with E-state index in [1.165, 1.54) is 30.4 Å². The van der Waals surface area contributed by atoms with Gasteiger partial charge in [-0.15, -0.1) is 0 Å². The van der Waals surface area contributed by atoms with Crippen LogP contribution in [0.15, 0.2) is 60.7 Å². The Kier molecular flexibility index (Phi) is 11.5. The van der Waals surface area contributed by atoms with E-state index in [1.807, 2.05) is 0 Å². The molecule has 0 amide bonds. The summed E-state index contributed by atoms with van der Waals surface area (Å²) in [5, 5.41) is 9.15. The number of unbranched alkanes of at least 4 members (excludes halogenated alkanes) is 2. The van der Waals surface area contributed by atoms with Crippen molar-refractivity contribution in [1.29, 1.82) is 0 Å². The molecule has 2 rings (SSSR count). The van der Waals surface area contributed by atoms with Crippen molar-refractivity contribution < 1.29 is 24.2 Å². The molecule has 0 fully saturated rings. The maximum Gasteiger partial charge on any atom is 0.333 e. The van der Waals surface area contributed by atoms with Crippen LogP contribution in [0.1, 0.15) is 51.2 Å². The van der Waals surface area contributed by atoms with Crippen LogP contribution in [0, 0.1) is 11.8 Å². The highest BCUT2D eigenvalue weighted by Crippen LogP contribution is 2.22. The minimum Gasteiger partial charge on any atom is -0.465 e. The Morgan fingerprint density at radius 3 is 2.00 bits per heavy atom. The van der Waals surface area contributed by atoms with Gasteiger partial charge in [-0.3, -0.25) is 4.79 Å². The second-order valence-corrected chi connectivity index (χ2v) is 9.01. The van der Waals surface area contributed by atoms with Crippen molar-refractivity contribution in [3.8, 4) is 11.1 Å². The topological polar surface area (TPSA) is 72.8 Å². The van der Waals surface area contributed by atoms with Gasteiger partial charge in [0.25, 0.3) is 0 Å². The van der Waals surface area contributed by atoms with Crippen LogP contribution in [0.25, 0.3) is 11.1 Å². The van der Waals surface area contributed by atoms with Gasteiger partial charge in [-0.05, 0) is 55.4 Å². The Bertz CT molecular complexity index is 915. The number of carbonyl (C=O) groups is 2. The first-order valence-corrected chi connectivity index (χ1v) is 12.1. The molecule has 0 saturated carbocycles. The molecule has 184 valence electrons. The lowest BCUT2D eigenvalue weighted by atomic mass is 9.97. The summed E-state index contributed by atoms with van der Waals surface area (Å²) >= 11 is 0. The van der Waals surface area contributed by atoms with Gasteiger partial charge in [-0.1, -0.05) is 74.9 Å². The molecule has 0 aliphatic heterocycles. The van der Waals surface area contributed by atoms with E-state index in [-0.39, 0.29) is 25.7 Å². The molecule has 34 heavy (non-hydrogen) atoms. The lowest BCUT2D eigenvalue weighted by molar-refractivity contribution is -0.152. The maximum atomic E-state index is 12.0. The number of hydrogen-bond donors (Lipinski definition) is 1. The van der Waals surface area contributed by atoms with Crippen LogP contribution in [0.5, 0.6) is 0 Å². The molecule has 0 bridgehead atoms. The van der Waals surface area contributed by atoms with Crippen molar-refractivity contribution in [2.45, 2.75) is 52.9 Å². The Hall–Kier alpha value is -2.92. The number of aliphatic hydroxyl groups excluding tert-OH is 1. The highest BCUT2D eigenvalue weighted by Gasteiger charge is 2.19. The Labute approximate surface area is 203 Å². The number of ether oxygens (including phenoxy) is 2. The van der Waals surface area contributed by atoms with E-state index >= 15 is 0 Å². The summed E-state index contributed by atoms with van der Waals surface area (Å²) in [6.45, 7) is 8.97. The van der Waals surface area contributed by atoms with Gasteiger partial charge in [-0.25, -0.2) is 4.79 Å². The van der Waals surface area contributed by atoms with Crippen molar-refractivity contribution >= 4 is 11.9 Å². The standard InChI is InChI=1S/C29H38O5/c1-5-6-7-8-23-9-13-26(14-10-23)27-15-11-24(12-16-27)17-25(19-33-28(31)21(2)3)20-34-29(32)22(4)18-30/h9-16,22,25,30H,2,5-8,17-20H2,1,3-4H3. The van der Waals surface area contributed by atoms with Crippen LogP contribution in [0.2, 0.25) is 0 Å². The largest absolute Gasteiger partial charge is 0.465 e.